The number of aromatic hydroxyl groups is 1. The van der Waals surface area contributed by atoms with Gasteiger partial charge in [-0.1, -0.05) is 30.4 Å². The number of para-hydroxylation sites is 1. The monoisotopic (exact) mass is 204 g/mol. The molecule has 2 rings (SSSR count). The van der Waals surface area contributed by atoms with Crippen LogP contribution < -0.4 is 5.73 Å². The van der Waals surface area contributed by atoms with Crippen LogP contribution in [0.3, 0.4) is 0 Å². The first-order valence-corrected chi connectivity index (χ1v) is 4.48. The third-order valence-corrected chi connectivity index (χ3v) is 2.16. The normalized spacial score (nSPS) is 10.3. The molecular weight excluding hydrogens is 196 g/mol. The van der Waals surface area contributed by atoms with E-state index in [2.05, 4.69) is 4.98 Å². The van der Waals surface area contributed by atoms with Crippen LogP contribution in [0.2, 0.25) is 0 Å². The van der Waals surface area contributed by atoms with Gasteiger partial charge in [-0.15, -0.1) is 0 Å². The average Bonchev–Trinajstić information content (AvgIpc) is 2.18. The number of benzene rings is 1. The van der Waals surface area contributed by atoms with Crippen molar-refractivity contribution in [1.29, 1.82) is 0 Å². The van der Waals surface area contributed by atoms with Gasteiger partial charge in [-0.05, 0) is 12.1 Å². The number of phenolic OH excluding ortho intramolecular Hbond substituents is 1. The molecule has 14 heavy (non-hydrogen) atoms. The van der Waals surface area contributed by atoms with Gasteiger partial charge in [-0.2, -0.15) is 0 Å². The highest BCUT2D eigenvalue weighted by Gasteiger charge is 2.03. The van der Waals surface area contributed by atoms with Crippen molar-refractivity contribution in [3.8, 4) is 5.75 Å². The van der Waals surface area contributed by atoms with Gasteiger partial charge in [0.1, 0.15) is 16.3 Å². The van der Waals surface area contributed by atoms with Gasteiger partial charge >= 0.3 is 0 Å². The van der Waals surface area contributed by atoms with Crippen LogP contribution in [-0.2, 0) is 0 Å². The van der Waals surface area contributed by atoms with Crippen LogP contribution >= 0.6 is 12.2 Å². The lowest BCUT2D eigenvalue weighted by molar-refractivity contribution is 0.480. The number of fused-ring (bicyclic) bond motifs is 1. The molecule has 4 heteroatoms. The Labute approximate surface area is 86.2 Å². The Balaban J connectivity index is 2.76. The Morgan fingerprint density at radius 3 is 2.79 bits per heavy atom. The minimum Gasteiger partial charge on any atom is -0.506 e. The molecule has 0 spiro atoms. The van der Waals surface area contributed by atoms with Gasteiger partial charge in [-0.25, -0.2) is 4.98 Å². The second-order valence-electron chi connectivity index (χ2n) is 2.91. The molecule has 0 amide bonds. The molecule has 1 heterocycles. The van der Waals surface area contributed by atoms with Crippen LogP contribution in [-0.4, -0.2) is 15.1 Å². The number of hydrogen-bond acceptors (Lipinski definition) is 3. The smallest absolute Gasteiger partial charge is 0.141 e. The highest BCUT2D eigenvalue weighted by Crippen LogP contribution is 2.22. The van der Waals surface area contributed by atoms with E-state index >= 15 is 0 Å². The molecule has 0 radical (unpaired) electrons. The van der Waals surface area contributed by atoms with Crippen molar-refractivity contribution in [1.82, 2.24) is 4.98 Å². The van der Waals surface area contributed by atoms with E-state index in [-0.39, 0.29) is 10.7 Å². The van der Waals surface area contributed by atoms with Gasteiger partial charge < -0.3 is 10.8 Å². The second kappa shape index (κ2) is 3.23. The molecule has 0 fully saturated rings. The summed E-state index contributed by atoms with van der Waals surface area (Å²) < 4.78 is 0. The van der Waals surface area contributed by atoms with Crippen molar-refractivity contribution in [2.45, 2.75) is 0 Å². The quantitative estimate of drug-likeness (QED) is 0.692. The fourth-order valence-corrected chi connectivity index (χ4v) is 1.38. The number of hydrogen-bond donors (Lipinski definition) is 2. The molecule has 0 atom stereocenters. The lowest BCUT2D eigenvalue weighted by atomic mass is 10.2. The lowest BCUT2D eigenvalue weighted by Gasteiger charge is -2.02. The summed E-state index contributed by atoms with van der Waals surface area (Å²) >= 11 is 4.80. The molecule has 0 aliphatic carbocycles. The first-order valence-electron chi connectivity index (χ1n) is 4.07. The highest BCUT2D eigenvalue weighted by atomic mass is 32.1. The zero-order chi connectivity index (χ0) is 10.1. The molecule has 0 aliphatic rings. The van der Waals surface area contributed by atoms with Crippen molar-refractivity contribution >= 4 is 28.1 Å². The number of thiocarbonyl (C=S) groups is 1. The van der Waals surface area contributed by atoms with Crippen LogP contribution in [0, 0.1) is 0 Å². The van der Waals surface area contributed by atoms with Gasteiger partial charge in [0.15, 0.2) is 0 Å². The molecule has 0 saturated carbocycles. The van der Waals surface area contributed by atoms with Gasteiger partial charge in [0, 0.05) is 5.39 Å². The predicted octanol–water partition coefficient (Wildman–Crippen LogP) is 1.57. The molecule has 0 aliphatic heterocycles. The molecule has 70 valence electrons. The predicted molar refractivity (Wildman–Crippen MR) is 59.3 cm³/mol. The molecule has 3 N–H and O–H groups in total. The van der Waals surface area contributed by atoms with Crippen LogP contribution in [0.25, 0.3) is 10.9 Å². The maximum Gasteiger partial charge on any atom is 0.141 e. The molecule has 1 aromatic heterocycles. The fraction of sp³-hybridized carbons (Fsp3) is 0. The largest absolute Gasteiger partial charge is 0.506 e. The summed E-state index contributed by atoms with van der Waals surface area (Å²) in [6.45, 7) is 0. The third-order valence-electron chi connectivity index (χ3n) is 1.95. The molecule has 0 unspecified atom stereocenters. The van der Waals surface area contributed by atoms with E-state index in [1.54, 1.807) is 18.2 Å². The summed E-state index contributed by atoms with van der Waals surface area (Å²) in [5, 5.41) is 10.4. The summed E-state index contributed by atoms with van der Waals surface area (Å²) in [4.78, 5) is 4.39. The first-order chi connectivity index (χ1) is 6.68. The van der Waals surface area contributed by atoms with E-state index in [4.69, 9.17) is 18.0 Å². The Hall–Kier alpha value is -1.68. The number of nitrogens with two attached hydrogens (primary N) is 1. The van der Waals surface area contributed by atoms with Crippen molar-refractivity contribution < 1.29 is 5.11 Å². The molecular formula is C10H8N2OS. The van der Waals surface area contributed by atoms with Crippen molar-refractivity contribution in [3.05, 3.63) is 36.0 Å². The fourth-order valence-electron chi connectivity index (χ4n) is 1.27. The van der Waals surface area contributed by atoms with E-state index in [1.807, 2.05) is 12.1 Å². The summed E-state index contributed by atoms with van der Waals surface area (Å²) in [7, 11) is 0. The third kappa shape index (κ3) is 1.40. The molecule has 0 saturated heterocycles. The maximum absolute atomic E-state index is 9.53. The highest BCUT2D eigenvalue weighted by molar-refractivity contribution is 7.80. The topological polar surface area (TPSA) is 59.1 Å². The Morgan fingerprint density at radius 1 is 1.29 bits per heavy atom. The lowest BCUT2D eigenvalue weighted by Crippen LogP contribution is -2.11. The number of nitrogens with zero attached hydrogens (tertiary/aromatic N) is 1. The van der Waals surface area contributed by atoms with E-state index in [1.165, 1.54) is 0 Å². The first kappa shape index (κ1) is 8.90. The summed E-state index contributed by atoms with van der Waals surface area (Å²) in [5.41, 5.74) is 6.49. The summed E-state index contributed by atoms with van der Waals surface area (Å²) in [6.07, 6.45) is 0. The minimum atomic E-state index is 0.139. The van der Waals surface area contributed by atoms with Gasteiger partial charge in [-0.3, -0.25) is 0 Å². The van der Waals surface area contributed by atoms with Crippen molar-refractivity contribution in [2.24, 2.45) is 5.73 Å². The zero-order valence-electron chi connectivity index (χ0n) is 7.27. The van der Waals surface area contributed by atoms with Crippen LogP contribution in [0.15, 0.2) is 30.3 Å². The van der Waals surface area contributed by atoms with Crippen molar-refractivity contribution in [3.63, 3.8) is 0 Å². The van der Waals surface area contributed by atoms with Gasteiger partial charge in [0.05, 0.1) is 5.69 Å². The molecule has 0 bridgehead atoms. The van der Waals surface area contributed by atoms with E-state index < -0.39 is 0 Å². The maximum atomic E-state index is 9.53. The SMILES string of the molecule is NC(=S)c1ccc2cccc(O)c2n1. The van der Waals surface area contributed by atoms with Crippen LogP contribution in [0.4, 0.5) is 0 Å². The summed E-state index contributed by atoms with van der Waals surface area (Å²) in [5.74, 6) is 0.139. The van der Waals surface area contributed by atoms with Crippen molar-refractivity contribution in [2.75, 3.05) is 0 Å². The number of pyridine rings is 1. The number of rotatable bonds is 1. The number of aromatic nitrogens is 1. The van der Waals surface area contributed by atoms with Gasteiger partial charge in [0.25, 0.3) is 0 Å². The van der Waals surface area contributed by atoms with E-state index in [0.29, 0.717) is 11.2 Å². The van der Waals surface area contributed by atoms with Crippen LogP contribution in [0.1, 0.15) is 5.69 Å². The Bertz CT molecular complexity index is 510. The average molecular weight is 204 g/mol. The zero-order valence-corrected chi connectivity index (χ0v) is 8.08. The van der Waals surface area contributed by atoms with Crippen LogP contribution in [0.5, 0.6) is 5.75 Å². The Kier molecular flexibility index (Phi) is 2.05. The van der Waals surface area contributed by atoms with Gasteiger partial charge in [0.2, 0.25) is 0 Å². The second-order valence-corrected chi connectivity index (χ2v) is 3.35. The standard InChI is InChI=1S/C10H8N2OS/c11-10(14)7-5-4-6-2-1-3-8(13)9(6)12-7/h1-5,13H,(H2,11,14). The number of phenols is 1. The van der Waals surface area contributed by atoms with E-state index in [0.717, 1.165) is 5.39 Å². The van der Waals surface area contributed by atoms with E-state index in [9.17, 15) is 5.11 Å². The molecule has 1 aromatic carbocycles. The minimum absolute atomic E-state index is 0.139. The molecule has 3 nitrogen and oxygen atoms in total. The molecule has 2 aromatic rings. The Morgan fingerprint density at radius 2 is 2.07 bits per heavy atom. The summed E-state index contributed by atoms with van der Waals surface area (Å²) in [6, 6.07) is 8.78.